The molecule has 1 heterocycles. The minimum Gasteiger partial charge on any atom is -0.352 e. The predicted octanol–water partition coefficient (Wildman–Crippen LogP) is 1.64. The fraction of sp³-hybridized carbons (Fsp3) is 0.375. The molecule has 5 heteroatoms. The van der Waals surface area contributed by atoms with E-state index >= 15 is 0 Å². The first-order chi connectivity index (χ1) is 10.3. The number of hydrogen-bond acceptors (Lipinski definition) is 4. The minimum atomic E-state index is -0.0136. The molecule has 0 fully saturated rings. The van der Waals surface area contributed by atoms with Gasteiger partial charge in [0.05, 0.1) is 11.5 Å². The van der Waals surface area contributed by atoms with E-state index in [0.29, 0.717) is 23.6 Å². The second kappa shape index (κ2) is 8.64. The zero-order chi connectivity index (χ0) is 14.9. The molecule has 1 aliphatic heterocycles. The van der Waals surface area contributed by atoms with E-state index in [2.05, 4.69) is 16.7 Å². The van der Waals surface area contributed by atoms with Crippen LogP contribution in [0.25, 0.3) is 0 Å². The molecule has 0 saturated heterocycles. The van der Waals surface area contributed by atoms with Crippen LogP contribution >= 0.6 is 11.8 Å². The second-order valence-electron chi connectivity index (χ2n) is 4.88. The van der Waals surface area contributed by atoms with Crippen molar-refractivity contribution in [2.75, 3.05) is 31.1 Å². The van der Waals surface area contributed by atoms with Crippen molar-refractivity contribution < 1.29 is 9.59 Å². The number of rotatable bonds is 7. The maximum Gasteiger partial charge on any atom is 0.230 e. The lowest BCUT2D eigenvalue weighted by Gasteiger charge is -2.14. The van der Waals surface area contributed by atoms with Crippen molar-refractivity contribution in [2.24, 2.45) is 0 Å². The van der Waals surface area contributed by atoms with Crippen molar-refractivity contribution in [2.45, 2.75) is 6.42 Å². The van der Waals surface area contributed by atoms with Gasteiger partial charge in [-0.2, -0.15) is 0 Å². The molecule has 4 nitrogen and oxygen atoms in total. The number of Topliss-reactive ketones (excluding diaryl/α,β-unsaturated/α-hetero) is 1. The largest absolute Gasteiger partial charge is 0.352 e. The first-order valence-electron chi connectivity index (χ1n) is 7.07. The van der Waals surface area contributed by atoms with Crippen molar-refractivity contribution in [3.63, 3.8) is 0 Å². The van der Waals surface area contributed by atoms with E-state index in [1.54, 1.807) is 12.1 Å². The Morgan fingerprint density at radius 1 is 1.19 bits per heavy atom. The molecule has 0 aliphatic carbocycles. The Kier molecular flexibility index (Phi) is 6.50. The van der Waals surface area contributed by atoms with Gasteiger partial charge in [-0.05, 0) is 13.0 Å². The zero-order valence-electron chi connectivity index (χ0n) is 11.9. The summed E-state index contributed by atoms with van der Waals surface area (Å²) in [5.41, 5.74) is 1.97. The number of benzene rings is 1. The number of carbonyl (C=O) groups is 2. The van der Waals surface area contributed by atoms with Crippen LogP contribution in [0.15, 0.2) is 42.0 Å². The Morgan fingerprint density at radius 3 is 2.71 bits per heavy atom. The molecule has 0 spiro atoms. The fourth-order valence-corrected chi connectivity index (χ4v) is 2.78. The summed E-state index contributed by atoms with van der Waals surface area (Å²) in [6.07, 6.45) is 3.11. The Balaban J connectivity index is 1.63. The summed E-state index contributed by atoms with van der Waals surface area (Å²) in [4.78, 5) is 23.6. The van der Waals surface area contributed by atoms with Gasteiger partial charge in [0.15, 0.2) is 5.78 Å². The Hall–Kier alpha value is -1.59. The van der Waals surface area contributed by atoms with Crippen LogP contribution in [-0.2, 0) is 4.79 Å². The quantitative estimate of drug-likeness (QED) is 0.594. The molecule has 0 saturated carbocycles. The monoisotopic (exact) mass is 304 g/mol. The molecule has 0 atom stereocenters. The number of thioether (sulfide) groups is 1. The molecular weight excluding hydrogens is 284 g/mol. The zero-order valence-corrected chi connectivity index (χ0v) is 12.7. The molecular formula is C16H20N2O2S. The molecule has 112 valence electrons. The van der Waals surface area contributed by atoms with Crippen LogP contribution in [0.3, 0.4) is 0 Å². The van der Waals surface area contributed by atoms with Gasteiger partial charge in [0.25, 0.3) is 0 Å². The lowest BCUT2D eigenvalue weighted by Crippen LogP contribution is -2.30. The topological polar surface area (TPSA) is 58.2 Å². The highest BCUT2D eigenvalue weighted by Crippen LogP contribution is 2.07. The third kappa shape index (κ3) is 5.73. The lowest BCUT2D eigenvalue weighted by atomic mass is 10.1. The Bertz CT molecular complexity index is 514. The van der Waals surface area contributed by atoms with Crippen LogP contribution < -0.4 is 10.6 Å². The van der Waals surface area contributed by atoms with Gasteiger partial charge in [0.2, 0.25) is 5.91 Å². The van der Waals surface area contributed by atoms with Crippen molar-refractivity contribution in [1.82, 2.24) is 10.6 Å². The average molecular weight is 304 g/mol. The van der Waals surface area contributed by atoms with Crippen molar-refractivity contribution >= 4 is 23.5 Å². The molecule has 1 aromatic carbocycles. The van der Waals surface area contributed by atoms with Gasteiger partial charge in [0.1, 0.15) is 0 Å². The second-order valence-corrected chi connectivity index (χ2v) is 5.86. The van der Waals surface area contributed by atoms with Crippen LogP contribution in [0.1, 0.15) is 16.8 Å². The molecule has 0 aromatic heterocycles. The molecule has 2 rings (SSSR count). The highest BCUT2D eigenvalue weighted by molar-refractivity contribution is 8.00. The maximum absolute atomic E-state index is 11.9. The molecule has 1 aromatic rings. The molecule has 21 heavy (non-hydrogen) atoms. The Morgan fingerprint density at radius 2 is 2.00 bits per heavy atom. The Labute approximate surface area is 129 Å². The van der Waals surface area contributed by atoms with E-state index in [1.165, 1.54) is 17.3 Å². The van der Waals surface area contributed by atoms with E-state index in [1.807, 2.05) is 18.2 Å². The summed E-state index contributed by atoms with van der Waals surface area (Å²) >= 11 is 1.36. The van der Waals surface area contributed by atoms with Gasteiger partial charge in [-0.3, -0.25) is 9.59 Å². The van der Waals surface area contributed by atoms with Gasteiger partial charge < -0.3 is 10.6 Å². The highest BCUT2D eigenvalue weighted by Gasteiger charge is 2.08. The SMILES string of the molecule is O=C(CSCC(=O)c1ccccc1)NCC1=CCNCC1. The van der Waals surface area contributed by atoms with E-state index in [-0.39, 0.29) is 11.7 Å². The minimum absolute atomic E-state index is 0.0136. The maximum atomic E-state index is 11.9. The lowest BCUT2D eigenvalue weighted by molar-refractivity contribution is -0.118. The van der Waals surface area contributed by atoms with Crippen molar-refractivity contribution in [3.05, 3.63) is 47.5 Å². The first kappa shape index (κ1) is 15.8. The fourth-order valence-electron chi connectivity index (χ4n) is 2.04. The number of ketones is 1. The number of amides is 1. The molecule has 0 unspecified atom stereocenters. The molecule has 1 aliphatic rings. The van der Waals surface area contributed by atoms with Gasteiger partial charge >= 0.3 is 0 Å². The first-order valence-corrected chi connectivity index (χ1v) is 8.22. The average Bonchev–Trinajstić information content (AvgIpc) is 2.54. The number of carbonyl (C=O) groups excluding carboxylic acids is 2. The normalized spacial score (nSPS) is 14.4. The number of hydrogen-bond donors (Lipinski definition) is 2. The van der Waals surface area contributed by atoms with Crippen LogP contribution in [0.5, 0.6) is 0 Å². The van der Waals surface area contributed by atoms with Crippen molar-refractivity contribution in [1.29, 1.82) is 0 Å². The number of nitrogens with one attached hydrogen (secondary N) is 2. The highest BCUT2D eigenvalue weighted by atomic mass is 32.2. The summed E-state index contributed by atoms with van der Waals surface area (Å²) < 4.78 is 0. The van der Waals surface area contributed by atoms with E-state index < -0.39 is 0 Å². The van der Waals surface area contributed by atoms with Crippen LogP contribution in [0.2, 0.25) is 0 Å². The van der Waals surface area contributed by atoms with Gasteiger partial charge in [0, 0.05) is 18.7 Å². The summed E-state index contributed by atoms with van der Waals surface area (Å²) in [7, 11) is 0. The standard InChI is InChI=1S/C16H20N2O2S/c19-15(14-4-2-1-3-5-14)11-21-12-16(20)18-10-13-6-8-17-9-7-13/h1-6,17H,7-12H2,(H,18,20). The smallest absolute Gasteiger partial charge is 0.230 e. The van der Waals surface area contributed by atoms with E-state index in [0.717, 1.165) is 19.5 Å². The van der Waals surface area contributed by atoms with Gasteiger partial charge in [-0.1, -0.05) is 42.0 Å². The molecule has 0 radical (unpaired) electrons. The van der Waals surface area contributed by atoms with Crippen molar-refractivity contribution in [3.8, 4) is 0 Å². The summed E-state index contributed by atoms with van der Waals surface area (Å²) in [6, 6.07) is 9.17. The summed E-state index contributed by atoms with van der Waals surface area (Å²) in [5.74, 6) is 0.712. The van der Waals surface area contributed by atoms with Gasteiger partial charge in [-0.15, -0.1) is 11.8 Å². The third-order valence-corrected chi connectivity index (χ3v) is 4.17. The van der Waals surface area contributed by atoms with Gasteiger partial charge in [-0.25, -0.2) is 0 Å². The molecule has 1 amide bonds. The van der Waals surface area contributed by atoms with Crippen LogP contribution in [0, 0.1) is 0 Å². The van der Waals surface area contributed by atoms with Crippen LogP contribution in [0.4, 0.5) is 0 Å². The predicted molar refractivity (Wildman–Crippen MR) is 86.7 cm³/mol. The summed E-state index contributed by atoms with van der Waals surface area (Å²) in [5, 5.41) is 6.13. The van der Waals surface area contributed by atoms with E-state index in [9.17, 15) is 9.59 Å². The molecule has 0 bridgehead atoms. The third-order valence-electron chi connectivity index (χ3n) is 3.23. The van der Waals surface area contributed by atoms with E-state index in [4.69, 9.17) is 0 Å². The van der Waals surface area contributed by atoms with Crippen LogP contribution in [-0.4, -0.2) is 42.8 Å². The summed E-state index contributed by atoms with van der Waals surface area (Å²) in [6.45, 7) is 2.47. The molecule has 2 N–H and O–H groups in total.